The normalized spacial score (nSPS) is 18.8. The second-order valence-corrected chi connectivity index (χ2v) is 6.71. The second-order valence-electron chi connectivity index (χ2n) is 6.07. The van der Waals surface area contributed by atoms with Crippen molar-refractivity contribution >= 4 is 15.9 Å². The molecule has 0 bridgehead atoms. The summed E-state index contributed by atoms with van der Waals surface area (Å²) in [5, 5.41) is 1.15. The van der Waals surface area contributed by atoms with Gasteiger partial charge in [-0.25, -0.2) is 0 Å². The Hall–Kier alpha value is 0.440. The topological polar surface area (TPSA) is 3.24 Å². The molecule has 0 spiro atoms. The highest BCUT2D eigenvalue weighted by molar-refractivity contribution is 9.09. The maximum Gasteiger partial charge on any atom is 0.00965 e. The van der Waals surface area contributed by atoms with E-state index >= 15 is 0 Å². The van der Waals surface area contributed by atoms with Crippen LogP contribution in [-0.4, -0.2) is 29.4 Å². The number of rotatable bonds is 8. The van der Waals surface area contributed by atoms with Gasteiger partial charge in [0.1, 0.15) is 0 Å². The molecule has 1 fully saturated rings. The fourth-order valence-electron chi connectivity index (χ4n) is 2.03. The second kappa shape index (κ2) is 7.00. The summed E-state index contributed by atoms with van der Waals surface area (Å²) in [5.41, 5.74) is 0. The van der Waals surface area contributed by atoms with Gasteiger partial charge in [-0.3, -0.25) is 0 Å². The lowest BCUT2D eigenvalue weighted by Gasteiger charge is -2.29. The molecule has 1 nitrogen and oxygen atoms in total. The fraction of sp³-hybridized carbons (Fsp3) is 1.00. The van der Waals surface area contributed by atoms with E-state index in [0.29, 0.717) is 0 Å². The predicted octanol–water partition coefficient (Wildman–Crippen LogP) is 4.16. The van der Waals surface area contributed by atoms with Crippen LogP contribution in [0, 0.1) is 17.8 Å². The Morgan fingerprint density at radius 1 is 1.19 bits per heavy atom. The van der Waals surface area contributed by atoms with Crippen LogP contribution in [0.15, 0.2) is 0 Å². The van der Waals surface area contributed by atoms with Gasteiger partial charge < -0.3 is 4.90 Å². The third-order valence-electron chi connectivity index (χ3n) is 3.67. The average Bonchev–Trinajstić information content (AvgIpc) is 3.01. The first-order valence-corrected chi connectivity index (χ1v) is 7.96. The van der Waals surface area contributed by atoms with Crippen molar-refractivity contribution < 1.29 is 0 Å². The van der Waals surface area contributed by atoms with E-state index in [-0.39, 0.29) is 0 Å². The van der Waals surface area contributed by atoms with Crippen LogP contribution in [0.2, 0.25) is 0 Å². The molecule has 0 saturated heterocycles. The molecule has 0 aromatic rings. The van der Waals surface area contributed by atoms with E-state index < -0.39 is 0 Å². The van der Waals surface area contributed by atoms with Gasteiger partial charge >= 0.3 is 0 Å². The number of nitrogens with zero attached hydrogens (tertiary/aromatic N) is 1. The molecule has 2 heteroatoms. The molecular weight excluding hydrogens is 262 g/mol. The molecule has 0 aliphatic heterocycles. The maximum absolute atomic E-state index is 3.67. The Morgan fingerprint density at radius 3 is 2.19 bits per heavy atom. The Bertz CT molecular complexity index is 187. The van der Waals surface area contributed by atoms with Crippen LogP contribution in [0.4, 0.5) is 0 Å². The average molecular weight is 290 g/mol. The minimum atomic E-state index is 0.791. The lowest BCUT2D eigenvalue weighted by Crippen LogP contribution is -2.35. The molecule has 0 heterocycles. The molecule has 1 unspecified atom stereocenters. The van der Waals surface area contributed by atoms with Crippen LogP contribution in [0.1, 0.15) is 47.0 Å². The van der Waals surface area contributed by atoms with Gasteiger partial charge in [0.2, 0.25) is 0 Å². The van der Waals surface area contributed by atoms with Gasteiger partial charge in [-0.05, 0) is 43.6 Å². The standard InChI is InChI=1S/C14H28BrN/c1-11(2)7-8-16(14-5-6-14)10-13(9-15)12(3)4/h11-14H,5-10H2,1-4H3. The third kappa shape index (κ3) is 5.18. The molecule has 1 aliphatic carbocycles. The zero-order chi connectivity index (χ0) is 12.1. The Morgan fingerprint density at radius 2 is 1.81 bits per heavy atom. The van der Waals surface area contributed by atoms with Crippen LogP contribution in [0.3, 0.4) is 0 Å². The smallest absolute Gasteiger partial charge is 0.00965 e. The van der Waals surface area contributed by atoms with Crippen molar-refractivity contribution in [3.8, 4) is 0 Å². The summed E-state index contributed by atoms with van der Waals surface area (Å²) in [5.74, 6) is 2.44. The van der Waals surface area contributed by atoms with E-state index in [9.17, 15) is 0 Å². The first-order chi connectivity index (χ1) is 7.54. The van der Waals surface area contributed by atoms with Gasteiger partial charge in [0.25, 0.3) is 0 Å². The maximum atomic E-state index is 3.67. The van der Waals surface area contributed by atoms with Crippen molar-refractivity contribution in [3.63, 3.8) is 0 Å². The Labute approximate surface area is 110 Å². The molecule has 0 aromatic carbocycles. The molecule has 96 valence electrons. The summed E-state index contributed by atoms with van der Waals surface area (Å²) in [4.78, 5) is 2.74. The molecule has 1 atom stereocenters. The van der Waals surface area contributed by atoms with Gasteiger partial charge in [-0.1, -0.05) is 43.6 Å². The number of alkyl halides is 1. The van der Waals surface area contributed by atoms with E-state index in [2.05, 4.69) is 48.5 Å². The van der Waals surface area contributed by atoms with Crippen molar-refractivity contribution in [2.45, 2.75) is 53.0 Å². The highest BCUT2D eigenvalue weighted by Gasteiger charge is 2.30. The molecule has 0 aromatic heterocycles. The SMILES string of the molecule is CC(C)CCN(CC(CBr)C(C)C)C1CC1. The molecule has 0 N–H and O–H groups in total. The molecule has 1 aliphatic rings. The first-order valence-electron chi connectivity index (χ1n) is 6.84. The summed E-state index contributed by atoms with van der Waals surface area (Å²) in [7, 11) is 0. The Kier molecular flexibility index (Phi) is 6.35. The van der Waals surface area contributed by atoms with Crippen LogP contribution in [0.25, 0.3) is 0 Å². The fourth-order valence-corrected chi connectivity index (χ4v) is 2.98. The molecule has 1 saturated carbocycles. The quantitative estimate of drug-likeness (QED) is 0.607. The van der Waals surface area contributed by atoms with E-state index in [4.69, 9.17) is 0 Å². The molecule has 1 rings (SSSR count). The van der Waals surface area contributed by atoms with Crippen LogP contribution < -0.4 is 0 Å². The summed E-state index contributed by atoms with van der Waals surface area (Å²) >= 11 is 3.67. The minimum absolute atomic E-state index is 0.791. The zero-order valence-electron chi connectivity index (χ0n) is 11.4. The number of hydrogen-bond donors (Lipinski definition) is 0. The number of halogens is 1. The van der Waals surface area contributed by atoms with Crippen LogP contribution in [-0.2, 0) is 0 Å². The minimum Gasteiger partial charge on any atom is -0.300 e. The van der Waals surface area contributed by atoms with Crippen molar-refractivity contribution in [1.82, 2.24) is 4.90 Å². The predicted molar refractivity (Wildman–Crippen MR) is 76.2 cm³/mol. The third-order valence-corrected chi connectivity index (χ3v) is 4.50. The van der Waals surface area contributed by atoms with Crippen molar-refractivity contribution in [2.75, 3.05) is 18.4 Å². The van der Waals surface area contributed by atoms with Gasteiger partial charge in [-0.15, -0.1) is 0 Å². The van der Waals surface area contributed by atoms with E-state index in [0.717, 1.165) is 29.1 Å². The van der Waals surface area contributed by atoms with Crippen molar-refractivity contribution in [2.24, 2.45) is 17.8 Å². The summed E-state index contributed by atoms with van der Waals surface area (Å²) in [6.07, 6.45) is 4.22. The summed E-state index contributed by atoms with van der Waals surface area (Å²) in [6.45, 7) is 11.9. The first kappa shape index (κ1) is 14.5. The molecular formula is C14H28BrN. The molecule has 0 amide bonds. The van der Waals surface area contributed by atoms with Gasteiger partial charge in [-0.2, -0.15) is 0 Å². The van der Waals surface area contributed by atoms with Crippen molar-refractivity contribution in [3.05, 3.63) is 0 Å². The number of hydrogen-bond acceptors (Lipinski definition) is 1. The zero-order valence-corrected chi connectivity index (χ0v) is 13.0. The van der Waals surface area contributed by atoms with Gasteiger partial charge in [0, 0.05) is 17.9 Å². The van der Waals surface area contributed by atoms with Crippen LogP contribution >= 0.6 is 15.9 Å². The van der Waals surface area contributed by atoms with Crippen LogP contribution in [0.5, 0.6) is 0 Å². The Balaban J connectivity index is 2.37. The lowest BCUT2D eigenvalue weighted by molar-refractivity contribution is 0.196. The van der Waals surface area contributed by atoms with Crippen molar-refractivity contribution in [1.29, 1.82) is 0 Å². The molecule has 16 heavy (non-hydrogen) atoms. The van der Waals surface area contributed by atoms with Gasteiger partial charge in [0.05, 0.1) is 0 Å². The summed E-state index contributed by atoms with van der Waals surface area (Å²) in [6, 6.07) is 0.916. The monoisotopic (exact) mass is 289 g/mol. The van der Waals surface area contributed by atoms with E-state index in [1.807, 2.05) is 0 Å². The van der Waals surface area contributed by atoms with E-state index in [1.54, 1.807) is 0 Å². The largest absolute Gasteiger partial charge is 0.300 e. The summed E-state index contributed by atoms with van der Waals surface area (Å²) < 4.78 is 0. The highest BCUT2D eigenvalue weighted by atomic mass is 79.9. The molecule has 0 radical (unpaired) electrons. The van der Waals surface area contributed by atoms with E-state index in [1.165, 1.54) is 32.4 Å². The highest BCUT2D eigenvalue weighted by Crippen LogP contribution is 2.29. The van der Waals surface area contributed by atoms with Gasteiger partial charge in [0.15, 0.2) is 0 Å². The lowest BCUT2D eigenvalue weighted by atomic mass is 9.97.